The fraction of sp³-hybridized carbons (Fsp3) is 0.263. The molecule has 27 heavy (non-hydrogen) atoms. The number of benzene rings is 1. The highest BCUT2D eigenvalue weighted by atomic mass is 32.2. The molecule has 7 nitrogen and oxygen atoms in total. The van der Waals surface area contributed by atoms with Gasteiger partial charge in [0.25, 0.3) is 0 Å². The normalized spacial score (nSPS) is 11.2. The summed E-state index contributed by atoms with van der Waals surface area (Å²) in [6, 6.07) is 10.3. The first kappa shape index (κ1) is 17.5. The number of rotatable bonds is 7. The van der Waals surface area contributed by atoms with E-state index in [-0.39, 0.29) is 0 Å². The van der Waals surface area contributed by atoms with E-state index in [4.69, 9.17) is 9.97 Å². The number of hydrogen-bond donors (Lipinski definition) is 2. The van der Waals surface area contributed by atoms with Crippen molar-refractivity contribution in [2.45, 2.75) is 32.0 Å². The summed E-state index contributed by atoms with van der Waals surface area (Å²) in [5.41, 5.74) is 5.13. The summed E-state index contributed by atoms with van der Waals surface area (Å²) in [7, 11) is 0. The molecule has 0 atom stereocenters. The van der Waals surface area contributed by atoms with Crippen LogP contribution in [-0.2, 0) is 13.0 Å². The number of aryl methyl sites for hydroxylation is 3. The maximum atomic E-state index is 4.82. The number of hydrogen-bond acceptors (Lipinski definition) is 5. The van der Waals surface area contributed by atoms with Gasteiger partial charge >= 0.3 is 0 Å². The van der Waals surface area contributed by atoms with Gasteiger partial charge in [-0.15, -0.1) is 0 Å². The van der Waals surface area contributed by atoms with E-state index in [1.165, 1.54) is 6.33 Å². The zero-order chi connectivity index (χ0) is 18.6. The third-order valence-corrected chi connectivity index (χ3v) is 5.20. The van der Waals surface area contributed by atoms with E-state index in [0.29, 0.717) is 0 Å². The Morgan fingerprint density at radius 3 is 2.67 bits per heavy atom. The van der Waals surface area contributed by atoms with Crippen molar-refractivity contribution in [2.24, 2.45) is 0 Å². The first-order valence-electron chi connectivity index (χ1n) is 8.90. The molecule has 0 saturated carbocycles. The van der Waals surface area contributed by atoms with E-state index in [1.54, 1.807) is 11.8 Å². The maximum absolute atomic E-state index is 4.82. The van der Waals surface area contributed by atoms with Gasteiger partial charge in [0.2, 0.25) is 0 Å². The Balaban J connectivity index is 1.70. The number of H-pyrrole nitrogens is 2. The van der Waals surface area contributed by atoms with E-state index < -0.39 is 0 Å². The Morgan fingerprint density at radius 2 is 1.96 bits per heavy atom. The van der Waals surface area contributed by atoms with E-state index in [2.05, 4.69) is 50.7 Å². The van der Waals surface area contributed by atoms with Crippen molar-refractivity contribution < 1.29 is 0 Å². The topological polar surface area (TPSA) is 88.1 Å². The standard InChI is InChI=1S/C19H21N7S/c1-3-15-23-13(2)16(24-15)18-17(14-7-5-4-6-8-14)21-12-26(18)9-10-27-19-20-11-22-25-19/h4-8,11-12H,3,9-10H2,1-2H3,(H,23,24)(H,20,22,25). The van der Waals surface area contributed by atoms with Gasteiger partial charge in [-0.3, -0.25) is 5.10 Å². The highest BCUT2D eigenvalue weighted by Gasteiger charge is 2.19. The minimum Gasteiger partial charge on any atom is -0.346 e. The molecule has 0 aliphatic carbocycles. The zero-order valence-corrected chi connectivity index (χ0v) is 16.1. The number of aromatic nitrogens is 7. The average Bonchev–Trinajstić information content (AvgIpc) is 3.42. The molecule has 2 N–H and O–H groups in total. The molecule has 0 fully saturated rings. The van der Waals surface area contributed by atoms with Crippen molar-refractivity contribution in [2.75, 3.05) is 5.75 Å². The van der Waals surface area contributed by atoms with Crippen LogP contribution in [0.25, 0.3) is 22.6 Å². The van der Waals surface area contributed by atoms with Crippen LogP contribution >= 0.6 is 11.8 Å². The Bertz CT molecular complexity index is 1000. The summed E-state index contributed by atoms with van der Waals surface area (Å²) in [6.45, 7) is 4.97. The molecule has 8 heteroatoms. The predicted molar refractivity (Wildman–Crippen MR) is 106 cm³/mol. The summed E-state index contributed by atoms with van der Waals surface area (Å²) >= 11 is 1.64. The van der Waals surface area contributed by atoms with E-state index in [0.717, 1.165) is 58.0 Å². The van der Waals surface area contributed by atoms with Crippen LogP contribution in [0.5, 0.6) is 0 Å². The molecule has 0 aliphatic heterocycles. The molecule has 0 aliphatic rings. The van der Waals surface area contributed by atoms with Crippen molar-refractivity contribution in [3.63, 3.8) is 0 Å². The molecule has 138 valence electrons. The molecule has 0 saturated heterocycles. The van der Waals surface area contributed by atoms with Crippen LogP contribution in [0.15, 0.2) is 48.1 Å². The van der Waals surface area contributed by atoms with Gasteiger partial charge in [-0.2, -0.15) is 5.10 Å². The van der Waals surface area contributed by atoms with Crippen LogP contribution in [0, 0.1) is 6.92 Å². The summed E-state index contributed by atoms with van der Waals surface area (Å²) < 4.78 is 2.17. The smallest absolute Gasteiger partial charge is 0.183 e. The number of nitrogens with zero attached hydrogens (tertiary/aromatic N) is 5. The summed E-state index contributed by atoms with van der Waals surface area (Å²) in [4.78, 5) is 17.1. The van der Waals surface area contributed by atoms with Gasteiger partial charge in [-0.1, -0.05) is 49.0 Å². The monoisotopic (exact) mass is 379 g/mol. The second-order valence-corrected chi connectivity index (χ2v) is 7.23. The first-order valence-corrected chi connectivity index (χ1v) is 9.89. The van der Waals surface area contributed by atoms with E-state index in [9.17, 15) is 0 Å². The van der Waals surface area contributed by atoms with Gasteiger partial charge in [0, 0.05) is 30.0 Å². The minimum atomic E-state index is 0.800. The molecular formula is C19H21N7S. The molecule has 0 radical (unpaired) electrons. The van der Waals surface area contributed by atoms with E-state index in [1.807, 2.05) is 24.5 Å². The average molecular weight is 379 g/mol. The van der Waals surface area contributed by atoms with Gasteiger partial charge in [-0.05, 0) is 6.92 Å². The van der Waals surface area contributed by atoms with Crippen LogP contribution in [0.3, 0.4) is 0 Å². The first-order chi connectivity index (χ1) is 13.3. The number of nitrogens with one attached hydrogen (secondary N) is 2. The summed E-state index contributed by atoms with van der Waals surface area (Å²) in [6.07, 6.45) is 4.30. The van der Waals surface area contributed by atoms with Crippen LogP contribution in [0.4, 0.5) is 0 Å². The summed E-state index contributed by atoms with van der Waals surface area (Å²) in [5.74, 6) is 1.85. The van der Waals surface area contributed by atoms with Crippen molar-refractivity contribution >= 4 is 11.8 Å². The number of imidazole rings is 2. The van der Waals surface area contributed by atoms with Crippen LogP contribution < -0.4 is 0 Å². The Labute approximate surface area is 161 Å². The summed E-state index contributed by atoms with van der Waals surface area (Å²) in [5, 5.41) is 7.59. The van der Waals surface area contributed by atoms with Crippen molar-refractivity contribution in [3.05, 3.63) is 54.5 Å². The van der Waals surface area contributed by atoms with Gasteiger partial charge in [0.05, 0.1) is 17.7 Å². The molecule has 0 bridgehead atoms. The fourth-order valence-corrected chi connectivity index (χ4v) is 3.75. The highest BCUT2D eigenvalue weighted by Crippen LogP contribution is 2.32. The molecule has 4 aromatic rings. The zero-order valence-electron chi connectivity index (χ0n) is 15.3. The van der Waals surface area contributed by atoms with Crippen molar-refractivity contribution in [1.29, 1.82) is 0 Å². The van der Waals surface area contributed by atoms with Gasteiger partial charge in [0.1, 0.15) is 17.8 Å². The Kier molecular flexibility index (Phi) is 5.06. The SMILES string of the molecule is CCc1nc(-c2c(-c3ccccc3)ncn2CCSc2ncn[nH]2)c(C)[nH]1. The predicted octanol–water partition coefficient (Wildman–Crippen LogP) is 3.72. The Morgan fingerprint density at radius 1 is 1.11 bits per heavy atom. The third-order valence-electron chi connectivity index (χ3n) is 4.34. The van der Waals surface area contributed by atoms with Gasteiger partial charge in [0.15, 0.2) is 5.16 Å². The van der Waals surface area contributed by atoms with Gasteiger partial charge in [-0.25, -0.2) is 15.0 Å². The number of thioether (sulfide) groups is 1. The second kappa shape index (κ2) is 7.79. The van der Waals surface area contributed by atoms with Crippen molar-refractivity contribution in [3.8, 4) is 22.6 Å². The molecule has 1 aromatic carbocycles. The fourth-order valence-electron chi connectivity index (χ4n) is 3.03. The Hall–Kier alpha value is -2.87. The second-order valence-electron chi connectivity index (χ2n) is 6.15. The molecule has 0 amide bonds. The quantitative estimate of drug-likeness (QED) is 0.478. The largest absolute Gasteiger partial charge is 0.346 e. The van der Waals surface area contributed by atoms with Crippen LogP contribution in [0.2, 0.25) is 0 Å². The lowest BCUT2D eigenvalue weighted by Gasteiger charge is -2.09. The molecule has 4 rings (SSSR count). The van der Waals surface area contributed by atoms with E-state index >= 15 is 0 Å². The minimum absolute atomic E-state index is 0.800. The highest BCUT2D eigenvalue weighted by molar-refractivity contribution is 7.99. The third kappa shape index (κ3) is 3.66. The van der Waals surface area contributed by atoms with Crippen LogP contribution in [0.1, 0.15) is 18.4 Å². The van der Waals surface area contributed by atoms with Crippen LogP contribution in [-0.4, -0.2) is 40.5 Å². The van der Waals surface area contributed by atoms with Gasteiger partial charge < -0.3 is 9.55 Å². The lowest BCUT2D eigenvalue weighted by atomic mass is 10.1. The lowest BCUT2D eigenvalue weighted by molar-refractivity contribution is 0.773. The molecule has 0 spiro atoms. The molecular weight excluding hydrogens is 358 g/mol. The molecule has 3 heterocycles. The molecule has 3 aromatic heterocycles. The maximum Gasteiger partial charge on any atom is 0.183 e. The number of aromatic amines is 2. The molecule has 0 unspecified atom stereocenters. The van der Waals surface area contributed by atoms with Crippen molar-refractivity contribution in [1.82, 2.24) is 34.7 Å². The lowest BCUT2D eigenvalue weighted by Crippen LogP contribution is -2.03.